The number of ether oxygens (including phenoxy) is 2. The molecule has 0 amide bonds. The second-order valence-corrected chi connectivity index (χ2v) is 1.88. The summed E-state index contributed by atoms with van der Waals surface area (Å²) in [6.07, 6.45) is -1.23. The van der Waals surface area contributed by atoms with E-state index in [0.717, 1.165) is 0 Å². The first-order chi connectivity index (χ1) is 3.80. The molecular formula is C5H9FO2. The monoisotopic (exact) mass is 120 g/mol. The van der Waals surface area contributed by atoms with Gasteiger partial charge in [-0.05, 0) is 6.92 Å². The molecule has 1 rings (SSSR count). The zero-order valence-corrected chi connectivity index (χ0v) is 4.76. The number of hydrogen-bond donors (Lipinski definition) is 0. The van der Waals surface area contributed by atoms with Crippen LogP contribution in [-0.2, 0) is 9.47 Å². The molecule has 0 bridgehead atoms. The molecule has 1 aliphatic rings. The second kappa shape index (κ2) is 2.42. The van der Waals surface area contributed by atoms with Gasteiger partial charge in [0.2, 0.25) is 0 Å². The summed E-state index contributed by atoms with van der Waals surface area (Å²) in [7, 11) is 0. The molecule has 8 heavy (non-hydrogen) atoms. The minimum atomic E-state index is -0.941. The van der Waals surface area contributed by atoms with Gasteiger partial charge in [0.25, 0.3) is 0 Å². The highest BCUT2D eigenvalue weighted by Crippen LogP contribution is 2.08. The lowest BCUT2D eigenvalue weighted by Gasteiger charge is -2.22. The molecule has 2 unspecified atom stereocenters. The molecule has 0 aromatic carbocycles. The van der Waals surface area contributed by atoms with Crippen LogP contribution < -0.4 is 0 Å². The van der Waals surface area contributed by atoms with Crippen molar-refractivity contribution >= 4 is 0 Å². The first-order valence-electron chi connectivity index (χ1n) is 2.64. The van der Waals surface area contributed by atoms with E-state index in [0.29, 0.717) is 0 Å². The quantitative estimate of drug-likeness (QED) is 0.469. The lowest BCUT2D eigenvalue weighted by atomic mass is 10.2. The number of rotatable bonds is 0. The Morgan fingerprint density at radius 2 is 2.38 bits per heavy atom. The summed E-state index contributed by atoms with van der Waals surface area (Å²) in [5.74, 6) is 0. The average molecular weight is 120 g/mol. The molecule has 0 aromatic rings. The fourth-order valence-corrected chi connectivity index (χ4v) is 0.556. The van der Waals surface area contributed by atoms with E-state index >= 15 is 0 Å². The lowest BCUT2D eigenvalue weighted by molar-refractivity contribution is -0.167. The van der Waals surface area contributed by atoms with Crippen molar-refractivity contribution in [1.82, 2.24) is 0 Å². The van der Waals surface area contributed by atoms with E-state index in [-0.39, 0.29) is 19.5 Å². The van der Waals surface area contributed by atoms with Crippen LogP contribution in [-0.4, -0.2) is 25.7 Å². The topological polar surface area (TPSA) is 18.5 Å². The molecule has 0 N–H and O–H groups in total. The van der Waals surface area contributed by atoms with Gasteiger partial charge in [-0.15, -0.1) is 0 Å². The minimum absolute atomic E-state index is 0.182. The van der Waals surface area contributed by atoms with Crippen LogP contribution in [0.1, 0.15) is 6.92 Å². The molecule has 48 valence electrons. The smallest absolute Gasteiger partial charge is 0.149 e. The van der Waals surface area contributed by atoms with Crippen LogP contribution in [0.5, 0.6) is 0 Å². The van der Waals surface area contributed by atoms with E-state index in [1.165, 1.54) is 0 Å². The summed E-state index contributed by atoms with van der Waals surface area (Å²) in [5, 5.41) is 0. The maximum atomic E-state index is 12.3. The fourth-order valence-electron chi connectivity index (χ4n) is 0.556. The van der Waals surface area contributed by atoms with Crippen LogP contribution >= 0.6 is 0 Å². The molecule has 2 atom stereocenters. The molecule has 1 saturated heterocycles. The van der Waals surface area contributed by atoms with Crippen molar-refractivity contribution in [3.05, 3.63) is 0 Å². The van der Waals surface area contributed by atoms with Crippen LogP contribution in [0.15, 0.2) is 0 Å². The Kier molecular flexibility index (Phi) is 1.81. The van der Waals surface area contributed by atoms with Gasteiger partial charge in [0, 0.05) is 0 Å². The maximum Gasteiger partial charge on any atom is 0.149 e. The normalized spacial score (nSPS) is 39.8. The standard InChI is InChI=1S/C5H9FO2/c1-4-5(6)2-7-3-8-4/h4-5H,2-3H2,1H3. The van der Waals surface area contributed by atoms with Gasteiger partial charge in [-0.2, -0.15) is 0 Å². The molecule has 0 aromatic heterocycles. The predicted octanol–water partition coefficient (Wildman–Crippen LogP) is 0.717. The molecule has 0 aliphatic carbocycles. The lowest BCUT2D eigenvalue weighted by Crippen LogP contribution is -2.33. The zero-order valence-electron chi connectivity index (χ0n) is 4.76. The van der Waals surface area contributed by atoms with E-state index in [9.17, 15) is 4.39 Å². The van der Waals surface area contributed by atoms with E-state index in [1.54, 1.807) is 6.92 Å². The van der Waals surface area contributed by atoms with Gasteiger partial charge in [-0.3, -0.25) is 0 Å². The van der Waals surface area contributed by atoms with Gasteiger partial charge in [0.05, 0.1) is 12.7 Å². The predicted molar refractivity (Wildman–Crippen MR) is 26.3 cm³/mol. The highest BCUT2D eigenvalue weighted by molar-refractivity contribution is 4.64. The van der Waals surface area contributed by atoms with E-state index in [2.05, 4.69) is 4.74 Å². The van der Waals surface area contributed by atoms with Crippen molar-refractivity contribution in [2.75, 3.05) is 13.4 Å². The van der Waals surface area contributed by atoms with Gasteiger partial charge >= 0.3 is 0 Å². The number of hydrogen-bond acceptors (Lipinski definition) is 2. The van der Waals surface area contributed by atoms with Gasteiger partial charge in [0.1, 0.15) is 13.0 Å². The van der Waals surface area contributed by atoms with Crippen LogP contribution in [0.2, 0.25) is 0 Å². The van der Waals surface area contributed by atoms with Gasteiger partial charge in [-0.25, -0.2) is 4.39 Å². The van der Waals surface area contributed by atoms with E-state index in [1.807, 2.05) is 0 Å². The molecule has 0 saturated carbocycles. The van der Waals surface area contributed by atoms with Crippen LogP contribution in [0.4, 0.5) is 4.39 Å². The number of halogens is 1. The molecular weight excluding hydrogens is 111 g/mol. The minimum Gasteiger partial charge on any atom is -0.352 e. The fraction of sp³-hybridized carbons (Fsp3) is 1.00. The maximum absolute atomic E-state index is 12.3. The Morgan fingerprint density at radius 3 is 2.75 bits per heavy atom. The summed E-state index contributed by atoms with van der Waals surface area (Å²) in [6, 6.07) is 0. The molecule has 2 nitrogen and oxygen atoms in total. The second-order valence-electron chi connectivity index (χ2n) is 1.88. The highest BCUT2D eigenvalue weighted by atomic mass is 19.1. The molecule has 1 fully saturated rings. The molecule has 0 spiro atoms. The van der Waals surface area contributed by atoms with Gasteiger partial charge in [0.15, 0.2) is 0 Å². The van der Waals surface area contributed by atoms with Crippen molar-refractivity contribution in [1.29, 1.82) is 0 Å². The Bertz CT molecular complexity index is 66.8. The largest absolute Gasteiger partial charge is 0.352 e. The van der Waals surface area contributed by atoms with Crippen molar-refractivity contribution in [2.45, 2.75) is 19.2 Å². The summed E-state index contributed by atoms with van der Waals surface area (Å²) in [4.78, 5) is 0. The summed E-state index contributed by atoms with van der Waals surface area (Å²) < 4.78 is 21.8. The Labute approximate surface area is 47.6 Å². The Balaban J connectivity index is 2.28. The van der Waals surface area contributed by atoms with Crippen LogP contribution in [0.25, 0.3) is 0 Å². The third-order valence-electron chi connectivity index (χ3n) is 1.20. The summed E-state index contributed by atoms with van der Waals surface area (Å²) in [5.41, 5.74) is 0. The number of alkyl halides is 1. The van der Waals surface area contributed by atoms with Crippen LogP contribution in [0, 0.1) is 0 Å². The molecule has 3 heteroatoms. The highest BCUT2D eigenvalue weighted by Gasteiger charge is 2.20. The molecule has 1 heterocycles. The summed E-state index contributed by atoms with van der Waals surface area (Å²) in [6.45, 7) is 2.12. The van der Waals surface area contributed by atoms with E-state index in [4.69, 9.17) is 4.74 Å². The summed E-state index contributed by atoms with van der Waals surface area (Å²) >= 11 is 0. The molecule has 0 radical (unpaired) electrons. The SMILES string of the molecule is CC1OCOCC1F. The first kappa shape index (κ1) is 5.98. The van der Waals surface area contributed by atoms with Crippen LogP contribution in [0.3, 0.4) is 0 Å². The van der Waals surface area contributed by atoms with Crippen molar-refractivity contribution in [3.63, 3.8) is 0 Å². The third-order valence-corrected chi connectivity index (χ3v) is 1.20. The third kappa shape index (κ3) is 1.17. The molecule has 1 aliphatic heterocycles. The zero-order chi connectivity index (χ0) is 5.98. The van der Waals surface area contributed by atoms with E-state index < -0.39 is 6.17 Å². The van der Waals surface area contributed by atoms with Crippen molar-refractivity contribution < 1.29 is 13.9 Å². The van der Waals surface area contributed by atoms with Gasteiger partial charge in [-0.1, -0.05) is 0 Å². The average Bonchev–Trinajstić information content (AvgIpc) is 1.77. The Morgan fingerprint density at radius 1 is 1.62 bits per heavy atom. The van der Waals surface area contributed by atoms with Gasteiger partial charge < -0.3 is 9.47 Å². The van der Waals surface area contributed by atoms with Crippen molar-refractivity contribution in [2.24, 2.45) is 0 Å². The first-order valence-corrected chi connectivity index (χ1v) is 2.64. The Hall–Kier alpha value is -0.150. The van der Waals surface area contributed by atoms with Crippen molar-refractivity contribution in [3.8, 4) is 0 Å².